The molecule has 6 nitrogen and oxygen atoms in total. The standard InChI is InChI=1S/C14H19NO3.C8H9O2/c16-10-12-3-5-14(6-4-12)18-11-13(17)9-15-7-1-2-8-15;1-9-7-4-3-5-8(6-7)10-2/h3-6,10,13,17H,1-2,7-9,11H2;4-6H,1-2H3. The van der Waals surface area contributed by atoms with Crippen molar-refractivity contribution in [2.75, 3.05) is 40.5 Å². The van der Waals surface area contributed by atoms with Gasteiger partial charge >= 0.3 is 0 Å². The third-order valence-corrected chi connectivity index (χ3v) is 4.33. The SMILES string of the molecule is COc1c[c]cc(OC)c1.O=Cc1ccc(OCC(O)CN2CCCC2)cc1. The zero-order valence-electron chi connectivity index (χ0n) is 16.5. The topological polar surface area (TPSA) is 68.2 Å². The van der Waals surface area contributed by atoms with Gasteiger partial charge in [-0.25, -0.2) is 0 Å². The second-order valence-corrected chi connectivity index (χ2v) is 6.47. The van der Waals surface area contributed by atoms with Gasteiger partial charge in [0.1, 0.15) is 36.2 Å². The molecule has 151 valence electrons. The number of aldehydes is 1. The number of aliphatic hydroxyl groups excluding tert-OH is 1. The molecule has 1 aliphatic rings. The molecule has 0 saturated carbocycles. The fourth-order valence-corrected chi connectivity index (χ4v) is 2.82. The Hall–Kier alpha value is -2.57. The maximum atomic E-state index is 10.5. The van der Waals surface area contributed by atoms with Crippen LogP contribution in [0.25, 0.3) is 0 Å². The van der Waals surface area contributed by atoms with Crippen LogP contribution < -0.4 is 14.2 Å². The first-order chi connectivity index (χ1) is 13.6. The molecule has 2 aromatic rings. The molecule has 6 heteroatoms. The van der Waals surface area contributed by atoms with Crippen LogP contribution in [-0.4, -0.2) is 62.9 Å². The van der Waals surface area contributed by atoms with Crippen molar-refractivity contribution in [2.45, 2.75) is 18.9 Å². The van der Waals surface area contributed by atoms with Crippen molar-refractivity contribution in [3.05, 3.63) is 54.1 Å². The number of methoxy groups -OCH3 is 2. The minimum absolute atomic E-state index is 0.289. The van der Waals surface area contributed by atoms with Gasteiger partial charge in [0.25, 0.3) is 0 Å². The molecule has 1 heterocycles. The summed E-state index contributed by atoms with van der Waals surface area (Å²) >= 11 is 0. The van der Waals surface area contributed by atoms with Gasteiger partial charge in [0.15, 0.2) is 0 Å². The highest BCUT2D eigenvalue weighted by atomic mass is 16.5. The molecule has 1 unspecified atom stereocenters. The van der Waals surface area contributed by atoms with E-state index in [1.54, 1.807) is 56.7 Å². The van der Waals surface area contributed by atoms with Crippen LogP contribution in [0.4, 0.5) is 0 Å². The van der Waals surface area contributed by atoms with E-state index < -0.39 is 6.10 Å². The monoisotopic (exact) mass is 386 g/mol. The molecule has 1 aliphatic heterocycles. The van der Waals surface area contributed by atoms with Crippen molar-refractivity contribution in [3.63, 3.8) is 0 Å². The smallest absolute Gasteiger partial charge is 0.150 e. The van der Waals surface area contributed by atoms with Crippen LogP contribution in [0.5, 0.6) is 17.2 Å². The minimum Gasteiger partial charge on any atom is -0.497 e. The second-order valence-electron chi connectivity index (χ2n) is 6.47. The number of carbonyl (C=O) groups excluding carboxylic acids is 1. The maximum Gasteiger partial charge on any atom is 0.150 e. The lowest BCUT2D eigenvalue weighted by atomic mass is 10.2. The number of hydrogen-bond donors (Lipinski definition) is 1. The Morgan fingerprint density at radius 3 is 2.21 bits per heavy atom. The summed E-state index contributed by atoms with van der Waals surface area (Å²) in [5.41, 5.74) is 0.625. The Morgan fingerprint density at radius 2 is 1.68 bits per heavy atom. The number of aliphatic hydroxyl groups is 1. The van der Waals surface area contributed by atoms with Gasteiger partial charge in [-0.05, 0) is 68.4 Å². The van der Waals surface area contributed by atoms with Gasteiger partial charge in [-0.1, -0.05) is 0 Å². The van der Waals surface area contributed by atoms with E-state index >= 15 is 0 Å². The van der Waals surface area contributed by atoms with E-state index in [1.165, 1.54) is 12.8 Å². The van der Waals surface area contributed by atoms with Crippen molar-refractivity contribution < 1.29 is 24.1 Å². The van der Waals surface area contributed by atoms with E-state index in [0.717, 1.165) is 30.9 Å². The summed E-state index contributed by atoms with van der Waals surface area (Å²) in [6.07, 6.45) is 2.78. The molecule has 1 radical (unpaired) electrons. The van der Waals surface area contributed by atoms with Gasteiger partial charge in [0.05, 0.1) is 14.2 Å². The molecule has 0 bridgehead atoms. The first kappa shape index (κ1) is 21.7. The van der Waals surface area contributed by atoms with Gasteiger partial charge in [0, 0.05) is 18.2 Å². The van der Waals surface area contributed by atoms with Crippen molar-refractivity contribution in [3.8, 4) is 17.2 Å². The number of benzene rings is 2. The maximum absolute atomic E-state index is 10.5. The Bertz CT molecular complexity index is 679. The lowest BCUT2D eigenvalue weighted by Gasteiger charge is -2.19. The van der Waals surface area contributed by atoms with Crippen molar-refractivity contribution in [1.82, 2.24) is 4.90 Å². The average Bonchev–Trinajstić information content (AvgIpc) is 3.26. The Morgan fingerprint density at radius 1 is 1.07 bits per heavy atom. The summed E-state index contributed by atoms with van der Waals surface area (Å²) in [5.74, 6) is 2.21. The molecular weight excluding hydrogens is 358 g/mol. The van der Waals surface area contributed by atoms with Crippen LogP contribution in [0.2, 0.25) is 0 Å². The highest BCUT2D eigenvalue weighted by Gasteiger charge is 2.16. The molecule has 28 heavy (non-hydrogen) atoms. The number of carbonyl (C=O) groups is 1. The summed E-state index contributed by atoms with van der Waals surface area (Å²) < 4.78 is 15.4. The lowest BCUT2D eigenvalue weighted by Crippen LogP contribution is -2.33. The highest BCUT2D eigenvalue weighted by molar-refractivity contribution is 5.74. The highest BCUT2D eigenvalue weighted by Crippen LogP contribution is 2.17. The fourth-order valence-electron chi connectivity index (χ4n) is 2.82. The summed E-state index contributed by atoms with van der Waals surface area (Å²) in [5, 5.41) is 9.85. The summed E-state index contributed by atoms with van der Waals surface area (Å²) in [6.45, 7) is 3.11. The van der Waals surface area contributed by atoms with E-state index in [2.05, 4.69) is 11.0 Å². The molecule has 3 rings (SSSR count). The normalized spacial score (nSPS) is 14.5. The van der Waals surface area contributed by atoms with Crippen LogP contribution in [-0.2, 0) is 0 Å². The number of hydrogen-bond acceptors (Lipinski definition) is 6. The number of β-amino-alcohol motifs (C(OH)–C–C–N with tert-alkyl or cyclic N) is 1. The van der Waals surface area contributed by atoms with Crippen molar-refractivity contribution >= 4 is 6.29 Å². The molecule has 1 atom stereocenters. The molecular formula is C22H28NO5. The quantitative estimate of drug-likeness (QED) is 0.704. The van der Waals surface area contributed by atoms with E-state index in [9.17, 15) is 9.90 Å². The Balaban J connectivity index is 0.000000237. The van der Waals surface area contributed by atoms with Gasteiger partial charge < -0.3 is 24.2 Å². The zero-order chi connectivity index (χ0) is 20.2. The molecule has 1 fully saturated rings. The molecule has 1 saturated heterocycles. The van der Waals surface area contributed by atoms with Gasteiger partial charge in [-0.3, -0.25) is 4.79 Å². The average molecular weight is 386 g/mol. The summed E-state index contributed by atoms with van der Waals surface area (Å²) in [4.78, 5) is 12.7. The third kappa shape index (κ3) is 7.58. The van der Waals surface area contributed by atoms with Crippen LogP contribution in [0, 0.1) is 6.07 Å². The first-order valence-corrected chi connectivity index (χ1v) is 9.32. The molecule has 0 amide bonds. The van der Waals surface area contributed by atoms with Gasteiger partial charge in [-0.2, -0.15) is 0 Å². The largest absolute Gasteiger partial charge is 0.497 e. The molecule has 0 aromatic heterocycles. The first-order valence-electron chi connectivity index (χ1n) is 9.32. The summed E-state index contributed by atoms with van der Waals surface area (Å²) in [6, 6.07) is 15.1. The van der Waals surface area contributed by atoms with Crippen LogP contribution in [0.15, 0.2) is 42.5 Å². The van der Waals surface area contributed by atoms with Crippen LogP contribution in [0.1, 0.15) is 23.2 Å². The Kier molecular flexibility index (Phi) is 9.31. The van der Waals surface area contributed by atoms with E-state index in [1.807, 2.05) is 0 Å². The van der Waals surface area contributed by atoms with Gasteiger partial charge in [0.2, 0.25) is 0 Å². The molecule has 0 spiro atoms. The minimum atomic E-state index is -0.464. The predicted molar refractivity (Wildman–Crippen MR) is 107 cm³/mol. The zero-order valence-corrected chi connectivity index (χ0v) is 16.5. The Labute approximate surface area is 166 Å². The van der Waals surface area contributed by atoms with Crippen molar-refractivity contribution in [1.29, 1.82) is 0 Å². The second kappa shape index (κ2) is 12.0. The van der Waals surface area contributed by atoms with E-state index in [-0.39, 0.29) is 6.61 Å². The fraction of sp³-hybridized carbons (Fsp3) is 0.409. The van der Waals surface area contributed by atoms with Crippen molar-refractivity contribution in [2.24, 2.45) is 0 Å². The molecule has 2 aromatic carbocycles. The number of likely N-dealkylation sites (tertiary alicyclic amines) is 1. The van der Waals surface area contributed by atoms with Gasteiger partial charge in [-0.15, -0.1) is 0 Å². The molecule has 1 N–H and O–H groups in total. The summed E-state index contributed by atoms with van der Waals surface area (Å²) in [7, 11) is 3.23. The number of ether oxygens (including phenoxy) is 3. The lowest BCUT2D eigenvalue weighted by molar-refractivity contribution is 0.0758. The van der Waals surface area contributed by atoms with E-state index in [4.69, 9.17) is 14.2 Å². The third-order valence-electron chi connectivity index (χ3n) is 4.33. The predicted octanol–water partition coefficient (Wildman–Crippen LogP) is 2.84. The molecule has 0 aliphatic carbocycles. The van der Waals surface area contributed by atoms with Crippen LogP contribution >= 0.6 is 0 Å². The van der Waals surface area contributed by atoms with Crippen LogP contribution in [0.3, 0.4) is 0 Å². The number of nitrogens with zero attached hydrogens (tertiary/aromatic N) is 1. The number of rotatable bonds is 8. The van der Waals surface area contributed by atoms with E-state index in [0.29, 0.717) is 17.9 Å².